The lowest BCUT2D eigenvalue weighted by Crippen LogP contribution is -2.61. The smallest absolute Gasteiger partial charge is 0.425 e. The van der Waals surface area contributed by atoms with E-state index in [1.165, 1.54) is 5.56 Å². The summed E-state index contributed by atoms with van der Waals surface area (Å²) in [5.74, 6) is -3.73. The number of ketones is 1. The van der Waals surface area contributed by atoms with Crippen LogP contribution in [0.25, 0.3) is 10.9 Å². The summed E-state index contributed by atoms with van der Waals surface area (Å²) < 4.78 is 31.9. The molecule has 4 aliphatic heterocycles. The van der Waals surface area contributed by atoms with Gasteiger partial charge in [0, 0.05) is 48.8 Å². The quantitative estimate of drug-likeness (QED) is 0.254. The average Bonchev–Trinajstić information content (AvgIpc) is 3.37. The number of carbonyl (C=O) groups is 3. The molecule has 0 saturated carbocycles. The Balaban J connectivity index is 1.38. The van der Waals surface area contributed by atoms with Gasteiger partial charge in [-0.2, -0.15) is 5.01 Å². The Hall–Kier alpha value is -3.53. The molecular formula is C44H65N5O9. The lowest BCUT2D eigenvalue weighted by Gasteiger charge is -2.47. The highest BCUT2D eigenvalue weighted by Crippen LogP contribution is 2.45. The number of rotatable bonds is 9. The normalized spacial score (nSPS) is 37.9. The van der Waals surface area contributed by atoms with Gasteiger partial charge in [-0.3, -0.25) is 19.6 Å². The van der Waals surface area contributed by atoms with E-state index in [0.717, 1.165) is 29.5 Å². The van der Waals surface area contributed by atoms with Gasteiger partial charge in [-0.1, -0.05) is 45.9 Å². The van der Waals surface area contributed by atoms with E-state index in [-0.39, 0.29) is 30.7 Å². The van der Waals surface area contributed by atoms with Gasteiger partial charge >= 0.3 is 12.1 Å². The molecule has 3 fully saturated rings. The number of benzene rings is 1. The molecule has 320 valence electrons. The van der Waals surface area contributed by atoms with Crippen LogP contribution in [0.15, 0.2) is 41.5 Å². The Labute approximate surface area is 343 Å². The number of cyclic esters (lactones) is 1. The minimum atomic E-state index is -1.27. The summed E-state index contributed by atoms with van der Waals surface area (Å²) in [6, 6.07) is 9.28. The SMILES string of the molecule is CC[C@@H]1OC(=O)C(C)C(=O)[C@H](C)[C@@H](O[C@@H]2O[C@H](C)C[C@H](N(C)C)[C@H]2O)[C@@](C)(OC)C[C@@H](C)C2=NCN(CCCc3ccnc4ccccc34)N3C(=O)O[C@@]1(C)[C@H]3[C@@H]2C. The van der Waals surface area contributed by atoms with E-state index in [9.17, 15) is 19.5 Å². The monoisotopic (exact) mass is 807 g/mol. The lowest BCUT2D eigenvalue weighted by molar-refractivity contribution is -0.295. The summed E-state index contributed by atoms with van der Waals surface area (Å²) >= 11 is 0. The zero-order chi connectivity index (χ0) is 42.3. The minimum Gasteiger partial charge on any atom is -0.458 e. The number of hydrazine groups is 1. The molecule has 1 N–H and O–H groups in total. The maximum atomic E-state index is 14.4. The van der Waals surface area contributed by atoms with Crippen molar-refractivity contribution in [1.82, 2.24) is 19.9 Å². The molecule has 0 spiro atoms. The largest absolute Gasteiger partial charge is 0.458 e. The second kappa shape index (κ2) is 17.6. The summed E-state index contributed by atoms with van der Waals surface area (Å²) in [7, 11) is 5.40. The van der Waals surface area contributed by atoms with Crippen LogP contribution in [0.3, 0.4) is 0 Å². The average molecular weight is 808 g/mol. The fraction of sp³-hybridized carbons (Fsp3) is 0.705. The van der Waals surface area contributed by atoms with Crippen LogP contribution in [-0.2, 0) is 39.7 Å². The zero-order valence-electron chi connectivity index (χ0n) is 36.2. The number of aliphatic hydroxyl groups is 1. The predicted molar refractivity (Wildman–Crippen MR) is 219 cm³/mol. The van der Waals surface area contributed by atoms with Crippen LogP contribution in [0, 0.1) is 23.7 Å². The highest BCUT2D eigenvalue weighted by Gasteiger charge is 2.62. The highest BCUT2D eigenvalue weighted by molar-refractivity contribution is 6.00. The molecular weight excluding hydrogens is 743 g/mol. The van der Waals surface area contributed by atoms with Crippen molar-refractivity contribution in [2.45, 2.75) is 141 Å². The molecule has 1 amide bonds. The molecule has 4 aliphatic rings. The second-order valence-corrected chi connectivity index (χ2v) is 17.7. The summed E-state index contributed by atoms with van der Waals surface area (Å²) in [5.41, 5.74) is 0.564. The summed E-state index contributed by atoms with van der Waals surface area (Å²) in [4.78, 5) is 54.4. The van der Waals surface area contributed by atoms with Gasteiger partial charge in [0.2, 0.25) is 0 Å². The molecule has 0 radical (unpaired) electrons. The molecule has 5 heterocycles. The number of amides is 1. The van der Waals surface area contributed by atoms with Crippen LogP contribution >= 0.6 is 0 Å². The number of hydrogen-bond donors (Lipinski definition) is 1. The third-order valence-electron chi connectivity index (χ3n) is 13.4. The number of likely N-dealkylation sites (N-methyl/N-ethyl adjacent to an activating group) is 1. The van der Waals surface area contributed by atoms with Gasteiger partial charge in [0.25, 0.3) is 0 Å². The highest BCUT2D eigenvalue weighted by atomic mass is 16.7. The van der Waals surface area contributed by atoms with Crippen LogP contribution in [0.2, 0.25) is 0 Å². The molecule has 13 atom stereocenters. The number of aryl methyl sites for hydroxylation is 1. The Morgan fingerprint density at radius 2 is 1.76 bits per heavy atom. The summed E-state index contributed by atoms with van der Waals surface area (Å²) in [5, 5.41) is 16.3. The zero-order valence-corrected chi connectivity index (χ0v) is 36.2. The lowest BCUT2D eigenvalue weighted by atomic mass is 9.73. The predicted octanol–water partition coefficient (Wildman–Crippen LogP) is 5.43. The van der Waals surface area contributed by atoms with Crippen LogP contribution in [0.5, 0.6) is 0 Å². The molecule has 0 aliphatic carbocycles. The molecule has 2 bridgehead atoms. The molecule has 14 nitrogen and oxygen atoms in total. The molecule has 1 unspecified atom stereocenters. The maximum absolute atomic E-state index is 14.4. The molecule has 6 rings (SSSR count). The van der Waals surface area contributed by atoms with Crippen molar-refractivity contribution >= 4 is 34.5 Å². The molecule has 3 saturated heterocycles. The Morgan fingerprint density at radius 3 is 2.45 bits per heavy atom. The number of Topliss-reactive ketones (excluding diaryl/α,β-unsaturated/α-hetero) is 1. The van der Waals surface area contributed by atoms with Crippen LogP contribution in [-0.4, -0.2) is 137 Å². The first-order chi connectivity index (χ1) is 27.4. The van der Waals surface area contributed by atoms with Gasteiger partial charge in [-0.25, -0.2) is 9.80 Å². The summed E-state index contributed by atoms with van der Waals surface area (Å²) in [6.45, 7) is 15.7. The van der Waals surface area contributed by atoms with Crippen molar-refractivity contribution in [3.8, 4) is 0 Å². The number of hydrogen-bond acceptors (Lipinski definition) is 13. The van der Waals surface area contributed by atoms with Crippen LogP contribution in [0.1, 0.15) is 86.6 Å². The van der Waals surface area contributed by atoms with Gasteiger partial charge in [0.05, 0.1) is 23.3 Å². The number of aromatic nitrogens is 1. The van der Waals surface area contributed by atoms with E-state index in [1.54, 1.807) is 26.0 Å². The van der Waals surface area contributed by atoms with Crippen molar-refractivity contribution in [2.24, 2.45) is 28.7 Å². The van der Waals surface area contributed by atoms with E-state index in [2.05, 4.69) is 24.9 Å². The number of pyridine rings is 1. The third kappa shape index (κ3) is 8.29. The first-order valence-corrected chi connectivity index (χ1v) is 21.0. The van der Waals surface area contributed by atoms with Crippen molar-refractivity contribution in [3.05, 3.63) is 42.1 Å². The number of aliphatic hydroxyl groups excluding tert-OH is 1. The second-order valence-electron chi connectivity index (χ2n) is 17.7. The maximum Gasteiger partial charge on any atom is 0.425 e. The first-order valence-electron chi connectivity index (χ1n) is 21.0. The van der Waals surface area contributed by atoms with Crippen molar-refractivity contribution in [3.63, 3.8) is 0 Å². The fourth-order valence-electron chi connectivity index (χ4n) is 10.2. The topological polar surface area (TPSA) is 153 Å². The third-order valence-corrected chi connectivity index (χ3v) is 13.4. The standard InChI is InChI=1S/C44H65N5O9/c1-12-34-44(8)38-27(4)35(46-24-48(49(38)42(53)58-44)21-15-16-30-19-20-45-32-18-14-13-17-31(30)32)25(2)23-43(7,54-11)39(28(5)36(50)29(6)40(52)56-34)57-41-37(51)33(47(9)10)22-26(3)55-41/h13-14,17-20,25-29,33-34,37-39,41,51H,12,15-16,21-24H2,1-11H3/t25-,26-,27-,28+,29?,33+,34+,37-,38-,39-,41+,43+,44-/m1/s1. The minimum absolute atomic E-state index is 0.209. The van der Waals surface area contributed by atoms with Crippen LogP contribution in [0.4, 0.5) is 4.79 Å². The Kier molecular flexibility index (Phi) is 13.4. The van der Waals surface area contributed by atoms with Gasteiger partial charge in [0.15, 0.2) is 17.7 Å². The van der Waals surface area contributed by atoms with Crippen LogP contribution < -0.4 is 0 Å². The molecule has 14 heteroatoms. The molecule has 2 aromatic rings. The first kappa shape index (κ1) is 44.0. The number of carbonyl (C=O) groups excluding carboxylic acids is 3. The Bertz CT molecular complexity index is 1840. The molecule has 1 aromatic heterocycles. The van der Waals surface area contributed by atoms with E-state index in [1.807, 2.05) is 82.2 Å². The van der Waals surface area contributed by atoms with Crippen molar-refractivity contribution in [2.75, 3.05) is 34.4 Å². The number of esters is 1. The van der Waals surface area contributed by atoms with Gasteiger partial charge in [-0.05, 0) is 97.5 Å². The number of aliphatic imine (C=N–C) groups is 1. The summed E-state index contributed by atoms with van der Waals surface area (Å²) in [6.07, 6.45) is 0.00518. The van der Waals surface area contributed by atoms with Gasteiger partial charge in [-0.15, -0.1) is 0 Å². The molecule has 1 aromatic carbocycles. The number of fused-ring (bicyclic) bond motifs is 2. The van der Waals surface area contributed by atoms with Gasteiger partial charge in [0.1, 0.15) is 30.8 Å². The van der Waals surface area contributed by atoms with Crippen molar-refractivity contribution < 1.29 is 43.2 Å². The van der Waals surface area contributed by atoms with Crippen molar-refractivity contribution in [1.29, 1.82) is 0 Å². The number of methoxy groups -OCH3 is 1. The van der Waals surface area contributed by atoms with E-state index in [4.69, 9.17) is 28.7 Å². The molecule has 58 heavy (non-hydrogen) atoms. The van der Waals surface area contributed by atoms with E-state index >= 15 is 0 Å². The fourth-order valence-corrected chi connectivity index (χ4v) is 10.2. The number of ether oxygens (including phenoxy) is 5. The number of nitrogens with zero attached hydrogens (tertiary/aromatic N) is 5. The number of para-hydroxylation sites is 1. The van der Waals surface area contributed by atoms with E-state index in [0.29, 0.717) is 25.8 Å². The Morgan fingerprint density at radius 1 is 1.03 bits per heavy atom. The van der Waals surface area contributed by atoms with Gasteiger partial charge < -0.3 is 33.7 Å². The van der Waals surface area contributed by atoms with E-state index < -0.39 is 71.5 Å².